The molecular formula is C14H14N4S. The molecule has 0 aliphatic rings. The first-order valence-electron chi connectivity index (χ1n) is 6.08. The molecule has 0 aliphatic carbocycles. The highest BCUT2D eigenvalue weighted by Gasteiger charge is 2.11. The Bertz CT molecular complexity index is 705. The lowest BCUT2D eigenvalue weighted by atomic mass is 10.1. The van der Waals surface area contributed by atoms with Gasteiger partial charge in [-0.1, -0.05) is 24.3 Å². The van der Waals surface area contributed by atoms with Crippen LogP contribution in [0.5, 0.6) is 0 Å². The second kappa shape index (κ2) is 5.03. The van der Waals surface area contributed by atoms with Crippen LogP contribution in [0.15, 0.2) is 58.7 Å². The molecule has 5 heteroatoms. The van der Waals surface area contributed by atoms with Crippen LogP contribution in [0.3, 0.4) is 0 Å². The molecule has 0 bridgehead atoms. The van der Waals surface area contributed by atoms with E-state index < -0.39 is 0 Å². The molecule has 0 aliphatic heterocycles. The summed E-state index contributed by atoms with van der Waals surface area (Å²) in [5.74, 6) is 0. The van der Waals surface area contributed by atoms with Gasteiger partial charge in [0.1, 0.15) is 0 Å². The number of nitrogens with two attached hydrogens (primary N) is 1. The first-order valence-corrected chi connectivity index (χ1v) is 6.89. The smallest absolute Gasteiger partial charge is 0.200 e. The van der Waals surface area contributed by atoms with E-state index in [1.807, 2.05) is 47.9 Å². The van der Waals surface area contributed by atoms with Crippen molar-refractivity contribution < 1.29 is 0 Å². The molecule has 0 saturated carbocycles. The van der Waals surface area contributed by atoms with E-state index in [9.17, 15) is 0 Å². The van der Waals surface area contributed by atoms with Gasteiger partial charge in [0.2, 0.25) is 0 Å². The van der Waals surface area contributed by atoms with Crippen LogP contribution in [0, 0.1) is 0 Å². The van der Waals surface area contributed by atoms with Gasteiger partial charge in [-0.05, 0) is 42.4 Å². The fourth-order valence-electron chi connectivity index (χ4n) is 1.94. The van der Waals surface area contributed by atoms with Crippen molar-refractivity contribution in [3.8, 4) is 0 Å². The number of nitrogens with zero attached hydrogens (tertiary/aromatic N) is 3. The van der Waals surface area contributed by atoms with Crippen molar-refractivity contribution in [1.29, 1.82) is 0 Å². The Morgan fingerprint density at radius 1 is 1.11 bits per heavy atom. The zero-order chi connectivity index (χ0) is 13.2. The Morgan fingerprint density at radius 2 is 1.89 bits per heavy atom. The summed E-state index contributed by atoms with van der Waals surface area (Å²) in [6, 6.07) is 14.0. The minimum atomic E-state index is 0.00267. The predicted octanol–water partition coefficient (Wildman–Crippen LogP) is 2.90. The zero-order valence-electron chi connectivity index (χ0n) is 10.5. The van der Waals surface area contributed by atoms with Crippen LogP contribution in [0.4, 0.5) is 0 Å². The summed E-state index contributed by atoms with van der Waals surface area (Å²) in [7, 11) is 0. The van der Waals surface area contributed by atoms with Crippen molar-refractivity contribution in [3.05, 3.63) is 54.2 Å². The van der Waals surface area contributed by atoms with Gasteiger partial charge < -0.3 is 5.73 Å². The van der Waals surface area contributed by atoms with Gasteiger partial charge in [-0.15, -0.1) is 10.2 Å². The third-order valence-electron chi connectivity index (χ3n) is 2.89. The van der Waals surface area contributed by atoms with Crippen molar-refractivity contribution in [2.24, 2.45) is 5.73 Å². The maximum atomic E-state index is 6.00. The lowest BCUT2D eigenvalue weighted by Crippen LogP contribution is -2.06. The first-order chi connectivity index (χ1) is 9.25. The third kappa shape index (κ3) is 2.34. The van der Waals surface area contributed by atoms with Crippen LogP contribution in [0.1, 0.15) is 18.5 Å². The van der Waals surface area contributed by atoms with Gasteiger partial charge in [-0.2, -0.15) is 0 Å². The van der Waals surface area contributed by atoms with E-state index >= 15 is 0 Å². The molecule has 1 atom stereocenters. The van der Waals surface area contributed by atoms with Gasteiger partial charge in [0.15, 0.2) is 10.8 Å². The molecule has 2 aromatic heterocycles. The van der Waals surface area contributed by atoms with Gasteiger partial charge in [0, 0.05) is 17.1 Å². The number of hydrogen-bond acceptors (Lipinski definition) is 4. The van der Waals surface area contributed by atoms with Crippen molar-refractivity contribution >= 4 is 17.4 Å². The molecule has 1 aromatic carbocycles. The van der Waals surface area contributed by atoms with E-state index in [1.54, 1.807) is 11.8 Å². The highest BCUT2D eigenvalue weighted by Crippen LogP contribution is 2.31. The monoisotopic (exact) mass is 270 g/mol. The highest BCUT2D eigenvalue weighted by atomic mass is 32.2. The van der Waals surface area contributed by atoms with Crippen molar-refractivity contribution in [2.75, 3.05) is 0 Å². The molecule has 2 N–H and O–H groups in total. The molecular weight excluding hydrogens is 256 g/mol. The number of rotatable bonds is 3. The maximum Gasteiger partial charge on any atom is 0.200 e. The summed E-state index contributed by atoms with van der Waals surface area (Å²) >= 11 is 1.59. The van der Waals surface area contributed by atoms with Gasteiger partial charge in [0.05, 0.1) is 0 Å². The molecule has 0 radical (unpaired) electrons. The summed E-state index contributed by atoms with van der Waals surface area (Å²) in [5, 5.41) is 9.23. The Kier molecular flexibility index (Phi) is 3.23. The molecule has 3 rings (SSSR count). The normalized spacial score (nSPS) is 12.7. The zero-order valence-corrected chi connectivity index (χ0v) is 11.3. The number of aromatic nitrogens is 3. The summed E-state index contributed by atoms with van der Waals surface area (Å²) in [6.45, 7) is 1.99. The number of pyridine rings is 1. The van der Waals surface area contributed by atoms with Crippen LogP contribution >= 0.6 is 11.8 Å². The van der Waals surface area contributed by atoms with E-state index in [2.05, 4.69) is 22.3 Å². The minimum absolute atomic E-state index is 0.00267. The van der Waals surface area contributed by atoms with Crippen LogP contribution in [0.2, 0.25) is 0 Å². The van der Waals surface area contributed by atoms with Crippen LogP contribution in [-0.2, 0) is 0 Å². The molecule has 3 aromatic rings. The SMILES string of the molecule is C[C@H](N)c1ccccc1Sc1nnc2ccccn12. The maximum absolute atomic E-state index is 6.00. The topological polar surface area (TPSA) is 56.2 Å². The summed E-state index contributed by atoms with van der Waals surface area (Å²) < 4.78 is 1.97. The molecule has 0 spiro atoms. The molecule has 96 valence electrons. The molecule has 0 saturated heterocycles. The quantitative estimate of drug-likeness (QED) is 0.795. The second-order valence-corrected chi connectivity index (χ2v) is 5.35. The van der Waals surface area contributed by atoms with E-state index in [0.29, 0.717) is 0 Å². The number of hydrogen-bond donors (Lipinski definition) is 1. The molecule has 19 heavy (non-hydrogen) atoms. The third-order valence-corrected chi connectivity index (χ3v) is 3.95. The van der Waals surface area contributed by atoms with E-state index in [1.165, 1.54) is 0 Å². The molecule has 4 nitrogen and oxygen atoms in total. The van der Waals surface area contributed by atoms with E-state index in [-0.39, 0.29) is 6.04 Å². The molecule has 0 fully saturated rings. The summed E-state index contributed by atoms with van der Waals surface area (Å²) in [4.78, 5) is 1.12. The lowest BCUT2D eigenvalue weighted by molar-refractivity contribution is 0.796. The standard InChI is InChI=1S/C14H14N4S/c1-10(15)11-6-2-3-7-12(11)19-14-17-16-13-8-4-5-9-18(13)14/h2-10H,15H2,1H3/t10-/m0/s1. The molecule has 2 heterocycles. The fourth-order valence-corrected chi connectivity index (χ4v) is 2.99. The Balaban J connectivity index is 2.02. The molecule has 0 unspecified atom stereocenters. The largest absolute Gasteiger partial charge is 0.324 e. The van der Waals surface area contributed by atoms with Gasteiger partial charge in [-0.25, -0.2) is 0 Å². The van der Waals surface area contributed by atoms with Gasteiger partial charge >= 0.3 is 0 Å². The Labute approximate surface area is 115 Å². The van der Waals surface area contributed by atoms with E-state index in [4.69, 9.17) is 5.73 Å². The van der Waals surface area contributed by atoms with Crippen LogP contribution in [-0.4, -0.2) is 14.6 Å². The second-order valence-electron chi connectivity index (χ2n) is 4.34. The first kappa shape index (κ1) is 12.2. The van der Waals surface area contributed by atoms with Crippen molar-refractivity contribution in [3.63, 3.8) is 0 Å². The van der Waals surface area contributed by atoms with Crippen molar-refractivity contribution in [1.82, 2.24) is 14.6 Å². The minimum Gasteiger partial charge on any atom is -0.324 e. The Hall–Kier alpha value is -1.85. The predicted molar refractivity (Wildman–Crippen MR) is 76.2 cm³/mol. The summed E-state index contributed by atoms with van der Waals surface area (Å²) in [6.07, 6.45) is 1.96. The average Bonchev–Trinajstić information content (AvgIpc) is 2.83. The van der Waals surface area contributed by atoms with E-state index in [0.717, 1.165) is 21.3 Å². The number of benzene rings is 1. The highest BCUT2D eigenvalue weighted by molar-refractivity contribution is 7.99. The van der Waals surface area contributed by atoms with Crippen LogP contribution in [0.25, 0.3) is 5.65 Å². The van der Waals surface area contributed by atoms with Crippen molar-refractivity contribution in [2.45, 2.75) is 23.0 Å². The van der Waals surface area contributed by atoms with Crippen LogP contribution < -0.4 is 5.73 Å². The van der Waals surface area contributed by atoms with Gasteiger partial charge in [-0.3, -0.25) is 4.40 Å². The fraction of sp³-hybridized carbons (Fsp3) is 0.143. The summed E-state index contributed by atoms with van der Waals surface area (Å²) in [5.41, 5.74) is 7.98. The molecule has 0 amide bonds. The lowest BCUT2D eigenvalue weighted by Gasteiger charge is -2.10. The number of fused-ring (bicyclic) bond motifs is 1. The average molecular weight is 270 g/mol. The Morgan fingerprint density at radius 3 is 2.74 bits per heavy atom. The van der Waals surface area contributed by atoms with Gasteiger partial charge in [0.25, 0.3) is 0 Å².